The topological polar surface area (TPSA) is 41.1 Å². The lowest BCUT2D eigenvalue weighted by molar-refractivity contribution is -0.117. The highest BCUT2D eigenvalue weighted by Gasteiger charge is 2.22. The highest BCUT2D eigenvalue weighted by molar-refractivity contribution is 5.90. The van der Waals surface area contributed by atoms with Gasteiger partial charge in [0.1, 0.15) is 0 Å². The quantitative estimate of drug-likeness (QED) is 0.852. The summed E-state index contributed by atoms with van der Waals surface area (Å²) in [4.78, 5) is 12.2. The molecule has 1 heterocycles. The van der Waals surface area contributed by atoms with Crippen LogP contribution in [0.1, 0.15) is 51.5 Å². The molecule has 2 N–H and O–H groups in total. The van der Waals surface area contributed by atoms with E-state index in [9.17, 15) is 4.79 Å². The zero-order valence-electron chi connectivity index (χ0n) is 13.9. The van der Waals surface area contributed by atoms with Crippen LogP contribution >= 0.6 is 12.4 Å². The number of amides is 1. The monoisotopic (exact) mass is 324 g/mol. The van der Waals surface area contributed by atoms with Crippen molar-refractivity contribution in [3.8, 4) is 0 Å². The van der Waals surface area contributed by atoms with E-state index in [1.807, 2.05) is 12.1 Å². The first-order valence-corrected chi connectivity index (χ1v) is 8.16. The Morgan fingerprint density at radius 2 is 2.14 bits per heavy atom. The Bertz CT molecular complexity index is 470. The second kappa shape index (κ2) is 9.16. The van der Waals surface area contributed by atoms with Gasteiger partial charge in [0.25, 0.3) is 0 Å². The third-order valence-corrected chi connectivity index (χ3v) is 4.48. The summed E-state index contributed by atoms with van der Waals surface area (Å²) in [5.74, 6) is 1.68. The van der Waals surface area contributed by atoms with Crippen molar-refractivity contribution in [3.05, 3.63) is 29.8 Å². The number of carbonyl (C=O) groups excluding carboxylic acids is 1. The van der Waals surface area contributed by atoms with Crippen molar-refractivity contribution in [1.29, 1.82) is 0 Å². The van der Waals surface area contributed by atoms with Crippen molar-refractivity contribution in [2.24, 2.45) is 11.8 Å². The first kappa shape index (κ1) is 19.0. The number of benzene rings is 1. The van der Waals surface area contributed by atoms with Gasteiger partial charge in [-0.25, -0.2) is 0 Å². The molecule has 2 atom stereocenters. The lowest BCUT2D eigenvalue weighted by atomic mass is 9.85. The fourth-order valence-electron chi connectivity index (χ4n) is 3.01. The number of carbonyl (C=O) groups is 1. The summed E-state index contributed by atoms with van der Waals surface area (Å²) in [5, 5.41) is 6.47. The molecular weight excluding hydrogens is 296 g/mol. The van der Waals surface area contributed by atoms with Gasteiger partial charge < -0.3 is 10.6 Å². The molecule has 4 heteroatoms. The lowest BCUT2D eigenvalue weighted by Gasteiger charge is -2.28. The molecule has 0 saturated carbocycles. The van der Waals surface area contributed by atoms with E-state index >= 15 is 0 Å². The van der Waals surface area contributed by atoms with Crippen molar-refractivity contribution < 1.29 is 4.79 Å². The van der Waals surface area contributed by atoms with Crippen LogP contribution in [0.25, 0.3) is 0 Å². The van der Waals surface area contributed by atoms with Gasteiger partial charge in [-0.15, -0.1) is 12.4 Å². The third-order valence-electron chi connectivity index (χ3n) is 4.48. The Balaban J connectivity index is 0.00000242. The number of piperidine rings is 1. The normalized spacial score (nSPS) is 19.4. The van der Waals surface area contributed by atoms with Crippen molar-refractivity contribution >= 4 is 24.0 Å². The summed E-state index contributed by atoms with van der Waals surface area (Å²) < 4.78 is 0. The van der Waals surface area contributed by atoms with Crippen LogP contribution in [0.2, 0.25) is 0 Å². The molecule has 22 heavy (non-hydrogen) atoms. The zero-order chi connectivity index (χ0) is 15.2. The predicted octanol–water partition coefficient (Wildman–Crippen LogP) is 4.20. The summed E-state index contributed by atoms with van der Waals surface area (Å²) >= 11 is 0. The number of hydrogen-bond donors (Lipinski definition) is 2. The lowest BCUT2D eigenvalue weighted by Crippen LogP contribution is -2.34. The molecule has 0 radical (unpaired) electrons. The molecule has 0 aromatic heterocycles. The standard InChI is InChI=1S/C18H28N2O.ClH/c1-13(2)15-6-4-8-17(11-15)20-18(21)10-14(3)16-7-5-9-19-12-16;/h4,6,8,11,13-14,16,19H,5,7,9-10,12H2,1-3H3,(H,20,21);1H. The summed E-state index contributed by atoms with van der Waals surface area (Å²) in [5.41, 5.74) is 2.18. The maximum absolute atomic E-state index is 12.2. The molecule has 0 aliphatic carbocycles. The largest absolute Gasteiger partial charge is 0.326 e. The van der Waals surface area contributed by atoms with Gasteiger partial charge in [-0.2, -0.15) is 0 Å². The summed E-state index contributed by atoms with van der Waals surface area (Å²) in [7, 11) is 0. The molecule has 0 bridgehead atoms. The van der Waals surface area contributed by atoms with E-state index in [2.05, 4.69) is 43.5 Å². The molecule has 2 rings (SSSR count). The zero-order valence-corrected chi connectivity index (χ0v) is 14.7. The van der Waals surface area contributed by atoms with Crippen LogP contribution in [-0.2, 0) is 4.79 Å². The van der Waals surface area contributed by atoms with Crippen LogP contribution in [0.4, 0.5) is 5.69 Å². The van der Waals surface area contributed by atoms with Crippen LogP contribution in [0.3, 0.4) is 0 Å². The van der Waals surface area contributed by atoms with Crippen molar-refractivity contribution in [2.45, 2.75) is 46.0 Å². The summed E-state index contributed by atoms with van der Waals surface area (Å²) in [6, 6.07) is 8.17. The number of nitrogens with one attached hydrogen (secondary N) is 2. The Morgan fingerprint density at radius 1 is 1.36 bits per heavy atom. The Hall–Kier alpha value is -1.06. The van der Waals surface area contributed by atoms with Crippen LogP contribution in [0, 0.1) is 11.8 Å². The van der Waals surface area contributed by atoms with Gasteiger partial charge in [0.2, 0.25) is 5.91 Å². The molecule has 1 aromatic rings. The van der Waals surface area contributed by atoms with Crippen LogP contribution < -0.4 is 10.6 Å². The maximum Gasteiger partial charge on any atom is 0.224 e. The highest BCUT2D eigenvalue weighted by atomic mass is 35.5. The smallest absolute Gasteiger partial charge is 0.224 e. The number of hydrogen-bond acceptors (Lipinski definition) is 2. The third kappa shape index (κ3) is 5.62. The number of anilines is 1. The van der Waals surface area contributed by atoms with Gasteiger partial charge in [0.05, 0.1) is 0 Å². The molecule has 1 fully saturated rings. The van der Waals surface area contributed by atoms with Gasteiger partial charge in [-0.05, 0) is 61.4 Å². The molecular formula is C18H29ClN2O. The average Bonchev–Trinajstić information content (AvgIpc) is 2.48. The van der Waals surface area contributed by atoms with Crippen LogP contribution in [-0.4, -0.2) is 19.0 Å². The van der Waals surface area contributed by atoms with E-state index in [-0.39, 0.29) is 18.3 Å². The minimum absolute atomic E-state index is 0. The van der Waals surface area contributed by atoms with Crippen molar-refractivity contribution in [2.75, 3.05) is 18.4 Å². The van der Waals surface area contributed by atoms with E-state index in [4.69, 9.17) is 0 Å². The fourth-order valence-corrected chi connectivity index (χ4v) is 3.01. The van der Waals surface area contributed by atoms with E-state index in [0.29, 0.717) is 24.2 Å². The summed E-state index contributed by atoms with van der Waals surface area (Å²) in [6.45, 7) is 8.70. The fraction of sp³-hybridized carbons (Fsp3) is 0.611. The molecule has 0 spiro atoms. The van der Waals surface area contributed by atoms with Crippen molar-refractivity contribution in [3.63, 3.8) is 0 Å². The SMILES string of the molecule is CC(C)c1cccc(NC(=O)CC(C)C2CCCNC2)c1.Cl. The number of halogens is 1. The van der Waals surface area contributed by atoms with Gasteiger partial charge in [-0.3, -0.25) is 4.79 Å². The summed E-state index contributed by atoms with van der Waals surface area (Å²) in [6.07, 6.45) is 3.08. The van der Waals surface area contributed by atoms with E-state index in [1.54, 1.807) is 0 Å². The molecule has 1 amide bonds. The first-order chi connectivity index (χ1) is 10.1. The van der Waals surface area contributed by atoms with Gasteiger partial charge >= 0.3 is 0 Å². The average molecular weight is 325 g/mol. The molecule has 1 aliphatic heterocycles. The van der Waals surface area contributed by atoms with Gasteiger partial charge in [-0.1, -0.05) is 32.9 Å². The van der Waals surface area contributed by atoms with Crippen LogP contribution in [0.5, 0.6) is 0 Å². The van der Waals surface area contributed by atoms with Crippen LogP contribution in [0.15, 0.2) is 24.3 Å². The Labute approximate surface area is 140 Å². The molecule has 3 nitrogen and oxygen atoms in total. The van der Waals surface area contributed by atoms with Crippen molar-refractivity contribution in [1.82, 2.24) is 5.32 Å². The second-order valence-electron chi connectivity index (χ2n) is 6.62. The predicted molar refractivity (Wildman–Crippen MR) is 95.8 cm³/mol. The maximum atomic E-state index is 12.2. The second-order valence-corrected chi connectivity index (χ2v) is 6.62. The molecule has 1 aromatic carbocycles. The van der Waals surface area contributed by atoms with E-state index in [0.717, 1.165) is 18.8 Å². The number of rotatable bonds is 5. The molecule has 2 unspecified atom stereocenters. The first-order valence-electron chi connectivity index (χ1n) is 8.16. The highest BCUT2D eigenvalue weighted by Crippen LogP contribution is 2.23. The molecule has 124 valence electrons. The van der Waals surface area contributed by atoms with Gasteiger partial charge in [0.15, 0.2) is 0 Å². The Kier molecular flexibility index (Phi) is 7.91. The minimum atomic E-state index is 0. The van der Waals surface area contributed by atoms with E-state index < -0.39 is 0 Å². The minimum Gasteiger partial charge on any atom is -0.326 e. The molecule has 1 saturated heterocycles. The van der Waals surface area contributed by atoms with Gasteiger partial charge in [0, 0.05) is 12.1 Å². The molecule has 1 aliphatic rings. The van der Waals surface area contributed by atoms with E-state index in [1.165, 1.54) is 18.4 Å². The Morgan fingerprint density at radius 3 is 2.77 bits per heavy atom.